The van der Waals surface area contributed by atoms with E-state index in [4.69, 9.17) is 0 Å². The molecule has 1 fully saturated rings. The summed E-state index contributed by atoms with van der Waals surface area (Å²) in [5.74, 6) is -0.903. The van der Waals surface area contributed by atoms with Gasteiger partial charge in [0.15, 0.2) is 0 Å². The largest absolute Gasteiger partial charge is 0.343 e. The molecular formula is C10H16N2O3S. The van der Waals surface area contributed by atoms with E-state index in [1.807, 2.05) is 13.8 Å². The van der Waals surface area contributed by atoms with Crippen LogP contribution in [0.1, 0.15) is 26.7 Å². The van der Waals surface area contributed by atoms with Crippen molar-refractivity contribution in [2.24, 2.45) is 5.92 Å². The Balaban J connectivity index is 2.51. The summed E-state index contributed by atoms with van der Waals surface area (Å²) < 4.78 is 0. The van der Waals surface area contributed by atoms with Gasteiger partial charge in [0.05, 0.1) is 5.25 Å². The van der Waals surface area contributed by atoms with Crippen molar-refractivity contribution in [2.45, 2.75) is 38.0 Å². The molecule has 6 heteroatoms. The third kappa shape index (κ3) is 3.23. The third-order valence-corrected chi connectivity index (χ3v) is 3.29. The Hall–Kier alpha value is -1.04. The van der Waals surface area contributed by atoms with Crippen LogP contribution in [-0.2, 0) is 14.4 Å². The van der Waals surface area contributed by atoms with Crippen LogP contribution in [-0.4, -0.2) is 29.0 Å². The highest BCUT2D eigenvalue weighted by molar-refractivity contribution is 7.81. The first-order valence-corrected chi connectivity index (χ1v) is 5.75. The zero-order valence-corrected chi connectivity index (χ0v) is 10.2. The number of imide groups is 1. The number of rotatable bonds is 3. The zero-order valence-electron chi connectivity index (χ0n) is 9.32. The number of carbonyl (C=O) groups is 3. The molecule has 0 aromatic rings. The molecule has 16 heavy (non-hydrogen) atoms. The van der Waals surface area contributed by atoms with Crippen molar-refractivity contribution in [1.29, 1.82) is 0 Å². The van der Waals surface area contributed by atoms with Crippen molar-refractivity contribution < 1.29 is 14.4 Å². The number of nitrogens with one attached hydrogen (secondary N) is 2. The SMILES string of the molecule is CC(C)C(S)C(=O)NC1CCC(=O)NC1=O. The van der Waals surface area contributed by atoms with Gasteiger partial charge in [-0.05, 0) is 12.3 Å². The molecule has 0 radical (unpaired) electrons. The molecule has 0 aliphatic carbocycles. The van der Waals surface area contributed by atoms with Crippen molar-refractivity contribution in [1.82, 2.24) is 10.6 Å². The van der Waals surface area contributed by atoms with E-state index in [9.17, 15) is 14.4 Å². The summed E-state index contributed by atoms with van der Waals surface area (Å²) in [7, 11) is 0. The van der Waals surface area contributed by atoms with Crippen molar-refractivity contribution in [3.05, 3.63) is 0 Å². The Morgan fingerprint density at radius 2 is 2.12 bits per heavy atom. The van der Waals surface area contributed by atoms with Gasteiger partial charge in [0.1, 0.15) is 6.04 Å². The summed E-state index contributed by atoms with van der Waals surface area (Å²) >= 11 is 4.16. The normalized spacial score (nSPS) is 22.9. The number of thiol groups is 1. The van der Waals surface area contributed by atoms with E-state index in [-0.39, 0.29) is 24.2 Å². The summed E-state index contributed by atoms with van der Waals surface area (Å²) in [4.78, 5) is 33.9. The lowest BCUT2D eigenvalue weighted by Gasteiger charge is -2.24. The van der Waals surface area contributed by atoms with E-state index in [2.05, 4.69) is 23.3 Å². The minimum Gasteiger partial charge on any atom is -0.343 e. The highest BCUT2D eigenvalue weighted by Gasteiger charge is 2.29. The molecule has 1 heterocycles. The lowest BCUT2D eigenvalue weighted by Crippen LogP contribution is -2.54. The van der Waals surface area contributed by atoms with E-state index in [1.54, 1.807) is 0 Å². The van der Waals surface area contributed by atoms with Gasteiger partial charge in [-0.25, -0.2) is 0 Å². The molecule has 1 saturated heterocycles. The second-order valence-corrected chi connectivity index (χ2v) is 4.76. The van der Waals surface area contributed by atoms with Crippen LogP contribution in [0.4, 0.5) is 0 Å². The van der Waals surface area contributed by atoms with Crippen LogP contribution in [0.25, 0.3) is 0 Å². The fraction of sp³-hybridized carbons (Fsp3) is 0.700. The number of amides is 3. The molecule has 0 spiro atoms. The maximum Gasteiger partial charge on any atom is 0.249 e. The Morgan fingerprint density at radius 3 is 2.62 bits per heavy atom. The van der Waals surface area contributed by atoms with Crippen LogP contribution >= 0.6 is 12.6 Å². The van der Waals surface area contributed by atoms with Crippen LogP contribution in [0, 0.1) is 5.92 Å². The van der Waals surface area contributed by atoms with Gasteiger partial charge in [-0.15, -0.1) is 0 Å². The molecule has 0 aromatic carbocycles. The number of hydrogen-bond acceptors (Lipinski definition) is 4. The van der Waals surface area contributed by atoms with Crippen molar-refractivity contribution in [3.63, 3.8) is 0 Å². The van der Waals surface area contributed by atoms with E-state index in [0.717, 1.165) is 0 Å². The van der Waals surface area contributed by atoms with Crippen LogP contribution in [0.5, 0.6) is 0 Å². The lowest BCUT2D eigenvalue weighted by atomic mass is 10.0. The van der Waals surface area contributed by atoms with Gasteiger partial charge in [-0.2, -0.15) is 12.6 Å². The van der Waals surface area contributed by atoms with Gasteiger partial charge in [0.2, 0.25) is 17.7 Å². The second kappa shape index (κ2) is 5.34. The van der Waals surface area contributed by atoms with Crippen LogP contribution in [0.2, 0.25) is 0 Å². The standard InChI is InChI=1S/C10H16N2O3S/c1-5(2)8(16)10(15)11-6-3-4-7(13)12-9(6)14/h5-6,8,16H,3-4H2,1-2H3,(H,11,15)(H,12,13,14). The van der Waals surface area contributed by atoms with Crippen molar-refractivity contribution in [2.75, 3.05) is 0 Å². The minimum atomic E-state index is -0.612. The predicted molar refractivity (Wildman–Crippen MR) is 61.9 cm³/mol. The van der Waals surface area contributed by atoms with Crippen molar-refractivity contribution in [3.8, 4) is 0 Å². The van der Waals surface area contributed by atoms with Gasteiger partial charge < -0.3 is 5.32 Å². The maximum absolute atomic E-state index is 11.6. The van der Waals surface area contributed by atoms with Crippen LogP contribution in [0.15, 0.2) is 0 Å². The van der Waals surface area contributed by atoms with Gasteiger partial charge in [0.25, 0.3) is 0 Å². The molecule has 0 bridgehead atoms. The first kappa shape index (κ1) is 13.0. The van der Waals surface area contributed by atoms with Crippen LogP contribution in [0.3, 0.4) is 0 Å². The fourth-order valence-corrected chi connectivity index (χ4v) is 1.47. The second-order valence-electron chi connectivity index (χ2n) is 4.20. The van der Waals surface area contributed by atoms with Crippen molar-refractivity contribution >= 4 is 30.4 Å². The average molecular weight is 244 g/mol. The first-order chi connectivity index (χ1) is 7.41. The summed E-state index contributed by atoms with van der Waals surface area (Å²) in [6.07, 6.45) is 0.616. The summed E-state index contributed by atoms with van der Waals surface area (Å²) in [5, 5.41) is 4.34. The molecule has 2 atom stereocenters. The Bertz CT molecular complexity index is 317. The van der Waals surface area contributed by atoms with Gasteiger partial charge in [-0.3, -0.25) is 19.7 Å². The van der Waals surface area contributed by atoms with Gasteiger partial charge in [-0.1, -0.05) is 13.8 Å². The fourth-order valence-electron chi connectivity index (χ4n) is 1.39. The van der Waals surface area contributed by atoms with Crippen LogP contribution < -0.4 is 10.6 Å². The van der Waals surface area contributed by atoms with E-state index >= 15 is 0 Å². The Morgan fingerprint density at radius 1 is 1.50 bits per heavy atom. The number of hydrogen-bond donors (Lipinski definition) is 3. The maximum atomic E-state index is 11.6. The molecule has 0 saturated carbocycles. The van der Waals surface area contributed by atoms with Gasteiger partial charge in [0, 0.05) is 6.42 Å². The summed E-state index contributed by atoms with van der Waals surface area (Å²) in [6, 6.07) is -0.612. The molecule has 2 N–H and O–H groups in total. The first-order valence-electron chi connectivity index (χ1n) is 5.24. The predicted octanol–water partition coefficient (Wildman–Crippen LogP) is -0.138. The molecule has 2 unspecified atom stereocenters. The Kier molecular flexibility index (Phi) is 4.35. The molecule has 5 nitrogen and oxygen atoms in total. The summed E-state index contributed by atoms with van der Waals surface area (Å²) in [5.41, 5.74) is 0. The zero-order chi connectivity index (χ0) is 12.3. The number of carbonyl (C=O) groups excluding carboxylic acids is 3. The molecule has 1 rings (SSSR count). The molecule has 0 aromatic heterocycles. The smallest absolute Gasteiger partial charge is 0.249 e. The third-order valence-electron chi connectivity index (χ3n) is 2.46. The Labute approximate surface area is 99.8 Å². The number of piperidine rings is 1. The van der Waals surface area contributed by atoms with E-state index < -0.39 is 17.2 Å². The van der Waals surface area contributed by atoms with Gasteiger partial charge >= 0.3 is 0 Å². The minimum absolute atomic E-state index is 0.0941. The lowest BCUT2D eigenvalue weighted by molar-refractivity contribution is -0.137. The quantitative estimate of drug-likeness (QED) is 0.478. The summed E-state index contributed by atoms with van der Waals surface area (Å²) in [6.45, 7) is 3.75. The molecule has 90 valence electrons. The molecule has 1 aliphatic rings. The molecular weight excluding hydrogens is 228 g/mol. The van der Waals surface area contributed by atoms with E-state index in [0.29, 0.717) is 6.42 Å². The average Bonchev–Trinajstić information content (AvgIpc) is 2.20. The highest BCUT2D eigenvalue weighted by Crippen LogP contribution is 2.11. The highest BCUT2D eigenvalue weighted by atomic mass is 32.1. The molecule has 1 aliphatic heterocycles. The topological polar surface area (TPSA) is 75.3 Å². The molecule has 3 amide bonds. The van der Waals surface area contributed by atoms with E-state index in [1.165, 1.54) is 0 Å². The monoisotopic (exact) mass is 244 g/mol.